The van der Waals surface area contributed by atoms with E-state index >= 15 is 0 Å². The molecule has 0 saturated carbocycles. The lowest BCUT2D eigenvalue weighted by atomic mass is 9.96. The number of aldehydes is 1. The molecule has 0 radical (unpaired) electrons. The summed E-state index contributed by atoms with van der Waals surface area (Å²) in [6.07, 6.45) is 1.18. The molecule has 31 heavy (non-hydrogen) atoms. The zero-order valence-electron chi connectivity index (χ0n) is 16.8. The molecule has 6 nitrogen and oxygen atoms in total. The third kappa shape index (κ3) is 3.63. The molecule has 0 N–H and O–H groups in total. The number of alkyl halides is 2. The number of imidazole rings is 1. The standard InChI is InChI=1S/C23H18F2N4O2/c1-28(2)19-12-18(21-15(13-30)6-3-7-20(21)31-23(24)25)29-17-11-14(5-4-10-26)8-9-16(17)27-22(19)29/h3,6-9,11,13,18-19,23H,12H2,1-2H3/t18-,19-/m1/s1. The highest BCUT2D eigenvalue weighted by Crippen LogP contribution is 2.46. The molecular weight excluding hydrogens is 402 g/mol. The molecule has 0 spiro atoms. The van der Waals surface area contributed by atoms with Gasteiger partial charge < -0.3 is 9.30 Å². The lowest BCUT2D eigenvalue weighted by molar-refractivity contribution is -0.0507. The topological polar surface area (TPSA) is 71.2 Å². The van der Waals surface area contributed by atoms with Crippen molar-refractivity contribution < 1.29 is 18.3 Å². The Labute approximate surface area is 177 Å². The van der Waals surface area contributed by atoms with E-state index in [1.54, 1.807) is 18.2 Å². The van der Waals surface area contributed by atoms with Crippen molar-refractivity contribution >= 4 is 17.3 Å². The molecule has 1 aliphatic rings. The fourth-order valence-electron chi connectivity index (χ4n) is 4.18. The van der Waals surface area contributed by atoms with E-state index in [0.29, 0.717) is 29.4 Å². The summed E-state index contributed by atoms with van der Waals surface area (Å²) in [5.74, 6) is 5.88. The van der Waals surface area contributed by atoms with E-state index < -0.39 is 12.7 Å². The van der Waals surface area contributed by atoms with Gasteiger partial charge in [-0.15, -0.1) is 0 Å². The number of nitrogens with zero attached hydrogens (tertiary/aromatic N) is 4. The maximum absolute atomic E-state index is 13.1. The number of carbonyl (C=O) groups excluding carboxylic acids is 1. The Bertz CT molecular complexity index is 1260. The number of hydrogen-bond donors (Lipinski definition) is 0. The van der Waals surface area contributed by atoms with Crippen LogP contribution in [-0.4, -0.2) is 41.4 Å². The van der Waals surface area contributed by atoms with Gasteiger partial charge in [0, 0.05) is 22.6 Å². The monoisotopic (exact) mass is 420 g/mol. The maximum Gasteiger partial charge on any atom is 0.387 e. The molecule has 3 aromatic rings. The summed E-state index contributed by atoms with van der Waals surface area (Å²) in [6.45, 7) is -3.02. The fraction of sp³-hybridized carbons (Fsp3) is 0.261. The molecule has 2 atom stereocenters. The highest BCUT2D eigenvalue weighted by atomic mass is 19.3. The molecule has 0 aliphatic carbocycles. The lowest BCUT2D eigenvalue weighted by Crippen LogP contribution is -2.18. The van der Waals surface area contributed by atoms with Gasteiger partial charge in [-0.2, -0.15) is 14.0 Å². The van der Waals surface area contributed by atoms with Gasteiger partial charge in [0.05, 0.1) is 23.1 Å². The van der Waals surface area contributed by atoms with Gasteiger partial charge in [-0.25, -0.2) is 4.98 Å². The van der Waals surface area contributed by atoms with Crippen molar-refractivity contribution in [2.45, 2.75) is 25.1 Å². The van der Waals surface area contributed by atoms with E-state index in [-0.39, 0.29) is 17.4 Å². The van der Waals surface area contributed by atoms with Gasteiger partial charge >= 0.3 is 6.61 Å². The summed E-state index contributed by atoms with van der Waals surface area (Å²) < 4.78 is 33.0. The summed E-state index contributed by atoms with van der Waals surface area (Å²) in [7, 11) is 3.84. The Balaban J connectivity index is 1.97. The molecule has 0 unspecified atom stereocenters. The molecule has 156 valence electrons. The number of hydrogen-bond acceptors (Lipinski definition) is 5. The second kappa shape index (κ2) is 8.17. The van der Waals surface area contributed by atoms with Crippen molar-refractivity contribution in [2.75, 3.05) is 14.1 Å². The predicted octanol–water partition coefficient (Wildman–Crippen LogP) is 3.92. The first kappa shape index (κ1) is 20.5. The number of nitriles is 1. The van der Waals surface area contributed by atoms with E-state index in [0.717, 1.165) is 11.3 Å². The summed E-state index contributed by atoms with van der Waals surface area (Å²) in [4.78, 5) is 18.6. The molecule has 8 heteroatoms. The smallest absolute Gasteiger partial charge is 0.387 e. The Morgan fingerprint density at radius 1 is 1.32 bits per heavy atom. The molecule has 0 fully saturated rings. The van der Waals surface area contributed by atoms with Crippen LogP contribution in [0.2, 0.25) is 0 Å². The van der Waals surface area contributed by atoms with E-state index in [1.165, 1.54) is 12.1 Å². The number of rotatable bonds is 5. The molecule has 1 aromatic heterocycles. The molecule has 0 bridgehead atoms. The molecule has 4 rings (SSSR count). The molecule has 0 amide bonds. The van der Waals surface area contributed by atoms with Gasteiger partial charge in [0.25, 0.3) is 0 Å². The molecular formula is C23H18F2N4O2. The van der Waals surface area contributed by atoms with Crippen LogP contribution in [0.15, 0.2) is 36.4 Å². The van der Waals surface area contributed by atoms with Gasteiger partial charge in [-0.1, -0.05) is 18.1 Å². The maximum atomic E-state index is 13.1. The van der Waals surface area contributed by atoms with Crippen LogP contribution in [0.25, 0.3) is 11.0 Å². The van der Waals surface area contributed by atoms with Gasteiger partial charge in [0.15, 0.2) is 12.4 Å². The number of aromatic nitrogens is 2. The van der Waals surface area contributed by atoms with Gasteiger partial charge in [-0.05, 0) is 44.8 Å². The highest BCUT2D eigenvalue weighted by Gasteiger charge is 2.38. The van der Waals surface area contributed by atoms with E-state index in [4.69, 9.17) is 15.0 Å². The normalized spacial score (nSPS) is 17.3. The second-order valence-corrected chi connectivity index (χ2v) is 7.39. The quantitative estimate of drug-likeness (QED) is 0.462. The highest BCUT2D eigenvalue weighted by molar-refractivity contribution is 5.82. The van der Waals surface area contributed by atoms with Crippen LogP contribution in [-0.2, 0) is 0 Å². The molecule has 2 heterocycles. The Morgan fingerprint density at radius 3 is 2.81 bits per heavy atom. The number of ether oxygens (including phenoxy) is 1. The minimum absolute atomic E-state index is 0.0303. The number of halogens is 2. The average Bonchev–Trinajstić information content (AvgIpc) is 3.28. The molecule has 2 aromatic carbocycles. The minimum Gasteiger partial charge on any atom is -0.434 e. The first-order chi connectivity index (χ1) is 14.9. The molecule has 0 saturated heterocycles. The minimum atomic E-state index is -3.02. The predicted molar refractivity (Wildman–Crippen MR) is 110 cm³/mol. The number of fused-ring (bicyclic) bond motifs is 3. The van der Waals surface area contributed by atoms with Gasteiger partial charge in [0.2, 0.25) is 0 Å². The van der Waals surface area contributed by atoms with E-state index in [1.807, 2.05) is 35.7 Å². The first-order valence-corrected chi connectivity index (χ1v) is 9.56. The average molecular weight is 420 g/mol. The van der Waals surface area contributed by atoms with E-state index in [2.05, 4.69) is 11.8 Å². The van der Waals surface area contributed by atoms with Crippen molar-refractivity contribution in [1.82, 2.24) is 14.5 Å². The van der Waals surface area contributed by atoms with Crippen molar-refractivity contribution in [1.29, 1.82) is 5.26 Å². The summed E-state index contributed by atoms with van der Waals surface area (Å²) in [5, 5.41) is 8.75. The van der Waals surface area contributed by atoms with Crippen LogP contribution in [0.4, 0.5) is 8.78 Å². The fourth-order valence-corrected chi connectivity index (χ4v) is 4.18. The van der Waals surface area contributed by atoms with Crippen LogP contribution >= 0.6 is 0 Å². The number of benzene rings is 2. The Morgan fingerprint density at radius 2 is 2.13 bits per heavy atom. The van der Waals surface area contributed by atoms with Crippen LogP contribution in [0.1, 0.15) is 45.8 Å². The largest absolute Gasteiger partial charge is 0.434 e. The van der Waals surface area contributed by atoms with Crippen molar-refractivity contribution in [3.63, 3.8) is 0 Å². The summed E-state index contributed by atoms with van der Waals surface area (Å²) in [5.41, 5.74) is 2.79. The lowest BCUT2D eigenvalue weighted by Gasteiger charge is -2.22. The third-order valence-electron chi connectivity index (χ3n) is 5.44. The Hall–Kier alpha value is -3.75. The number of carbonyl (C=O) groups is 1. The van der Waals surface area contributed by atoms with Crippen LogP contribution in [0, 0.1) is 23.2 Å². The first-order valence-electron chi connectivity index (χ1n) is 9.56. The van der Waals surface area contributed by atoms with Crippen LogP contribution in [0.5, 0.6) is 5.75 Å². The van der Waals surface area contributed by atoms with Crippen LogP contribution < -0.4 is 4.74 Å². The molecule has 1 aliphatic heterocycles. The summed E-state index contributed by atoms with van der Waals surface area (Å²) in [6, 6.07) is 11.2. The zero-order valence-corrected chi connectivity index (χ0v) is 16.8. The van der Waals surface area contributed by atoms with Crippen molar-refractivity contribution in [2.24, 2.45) is 0 Å². The van der Waals surface area contributed by atoms with Gasteiger partial charge in [0.1, 0.15) is 11.6 Å². The van der Waals surface area contributed by atoms with Crippen molar-refractivity contribution in [3.8, 4) is 23.7 Å². The second-order valence-electron chi connectivity index (χ2n) is 7.39. The van der Waals surface area contributed by atoms with Gasteiger partial charge in [-0.3, -0.25) is 9.69 Å². The summed E-state index contributed by atoms with van der Waals surface area (Å²) >= 11 is 0. The third-order valence-corrected chi connectivity index (χ3v) is 5.44. The van der Waals surface area contributed by atoms with E-state index in [9.17, 15) is 13.6 Å². The zero-order chi connectivity index (χ0) is 22.1. The SMILES string of the molecule is CN(C)[C@@H]1C[C@H](c2c(C=O)cccc2OC(F)F)n2c1nc1ccc(C#CC#N)cc12. The van der Waals surface area contributed by atoms with Crippen molar-refractivity contribution in [3.05, 3.63) is 58.9 Å². The van der Waals surface area contributed by atoms with Crippen LogP contribution in [0.3, 0.4) is 0 Å². The Kier molecular flexibility index (Phi) is 5.41.